The molecule has 3 rings (SSSR count). The summed E-state index contributed by atoms with van der Waals surface area (Å²) in [7, 11) is 0. The fourth-order valence-corrected chi connectivity index (χ4v) is 3.18. The summed E-state index contributed by atoms with van der Waals surface area (Å²) in [5, 5.41) is 3.81. The van der Waals surface area contributed by atoms with Crippen LogP contribution in [0.15, 0.2) is 47.2 Å². The molecule has 0 N–H and O–H groups in total. The number of anilines is 1. The van der Waals surface area contributed by atoms with Gasteiger partial charge in [-0.3, -0.25) is 9.59 Å². The zero-order valence-corrected chi connectivity index (χ0v) is 14.3. The molecule has 1 aromatic heterocycles. The van der Waals surface area contributed by atoms with Crippen molar-refractivity contribution in [3.63, 3.8) is 0 Å². The minimum Gasteiger partial charge on any atom is -0.454 e. The van der Waals surface area contributed by atoms with E-state index in [2.05, 4.69) is 0 Å². The van der Waals surface area contributed by atoms with E-state index in [0.29, 0.717) is 18.5 Å². The Hall–Kier alpha value is -2.73. The molecule has 1 aromatic carbocycles. The number of amides is 1. The van der Waals surface area contributed by atoms with Crippen LogP contribution in [0, 0.1) is 0 Å². The molecule has 0 bridgehead atoms. The van der Waals surface area contributed by atoms with Crippen molar-refractivity contribution in [1.82, 2.24) is 0 Å². The Morgan fingerprint density at radius 2 is 2.00 bits per heavy atom. The quantitative estimate of drug-likeness (QED) is 0.453. The van der Waals surface area contributed by atoms with Crippen LogP contribution in [0.3, 0.4) is 0 Å². The van der Waals surface area contributed by atoms with Gasteiger partial charge in [-0.25, -0.2) is 4.79 Å². The first-order chi connectivity index (χ1) is 12.1. The number of esters is 1. The van der Waals surface area contributed by atoms with Gasteiger partial charge in [0.1, 0.15) is 0 Å². The van der Waals surface area contributed by atoms with E-state index >= 15 is 0 Å². The number of ketones is 1. The molecule has 1 fully saturated rings. The summed E-state index contributed by atoms with van der Waals surface area (Å²) in [4.78, 5) is 37.2. The molecule has 0 saturated carbocycles. The van der Waals surface area contributed by atoms with E-state index in [-0.39, 0.29) is 18.3 Å². The minimum absolute atomic E-state index is 0.102. The second-order valence-electron chi connectivity index (χ2n) is 5.62. The van der Waals surface area contributed by atoms with E-state index in [0.717, 1.165) is 17.7 Å². The van der Waals surface area contributed by atoms with Crippen LogP contribution in [0.4, 0.5) is 5.69 Å². The number of nitrogens with zero attached hydrogens (tertiary/aromatic N) is 1. The number of carbonyl (C=O) groups excluding carboxylic acids is 3. The Labute approximate surface area is 149 Å². The molecule has 1 aliphatic heterocycles. The molecule has 1 amide bonds. The molecule has 5 nitrogen and oxygen atoms in total. The maximum Gasteiger partial charge on any atom is 0.331 e. The Morgan fingerprint density at radius 1 is 1.20 bits per heavy atom. The lowest BCUT2D eigenvalue weighted by atomic mass is 10.1. The number of rotatable bonds is 6. The average molecular weight is 355 g/mol. The second-order valence-corrected chi connectivity index (χ2v) is 6.40. The number of hydrogen-bond donors (Lipinski definition) is 0. The first-order valence-electron chi connectivity index (χ1n) is 7.94. The van der Waals surface area contributed by atoms with Crippen LogP contribution in [-0.4, -0.2) is 30.8 Å². The molecule has 2 heterocycles. The van der Waals surface area contributed by atoms with Crippen LogP contribution >= 0.6 is 11.3 Å². The van der Waals surface area contributed by atoms with Crippen molar-refractivity contribution in [3.05, 3.63) is 58.3 Å². The van der Waals surface area contributed by atoms with Crippen LogP contribution in [0.2, 0.25) is 0 Å². The van der Waals surface area contributed by atoms with Gasteiger partial charge < -0.3 is 9.64 Å². The molecule has 0 spiro atoms. The average Bonchev–Trinajstić information content (AvgIpc) is 3.29. The Bertz CT molecular complexity index is 793. The Morgan fingerprint density at radius 3 is 2.64 bits per heavy atom. The summed E-state index contributed by atoms with van der Waals surface area (Å²) in [5.74, 6) is -0.735. The van der Waals surface area contributed by atoms with Gasteiger partial charge in [0.25, 0.3) is 0 Å². The molecule has 6 heteroatoms. The van der Waals surface area contributed by atoms with Gasteiger partial charge in [0.05, 0.1) is 0 Å². The first-order valence-corrected chi connectivity index (χ1v) is 8.88. The van der Waals surface area contributed by atoms with E-state index in [1.54, 1.807) is 35.2 Å². The molecule has 0 unspecified atom stereocenters. The van der Waals surface area contributed by atoms with E-state index in [1.165, 1.54) is 17.4 Å². The zero-order valence-electron chi connectivity index (χ0n) is 13.5. The van der Waals surface area contributed by atoms with Gasteiger partial charge in [-0.15, -0.1) is 0 Å². The highest BCUT2D eigenvalue weighted by molar-refractivity contribution is 7.08. The smallest absolute Gasteiger partial charge is 0.331 e. The van der Waals surface area contributed by atoms with Crippen LogP contribution < -0.4 is 4.90 Å². The predicted octanol–water partition coefficient (Wildman–Crippen LogP) is 3.31. The van der Waals surface area contributed by atoms with E-state index < -0.39 is 5.97 Å². The molecule has 128 valence electrons. The van der Waals surface area contributed by atoms with Gasteiger partial charge in [-0.05, 0) is 59.2 Å². The number of carbonyl (C=O) groups is 3. The summed E-state index contributed by atoms with van der Waals surface area (Å²) in [5.41, 5.74) is 2.15. The van der Waals surface area contributed by atoms with Gasteiger partial charge in [-0.1, -0.05) is 0 Å². The van der Waals surface area contributed by atoms with E-state index in [4.69, 9.17) is 4.74 Å². The van der Waals surface area contributed by atoms with Crippen LogP contribution in [0.1, 0.15) is 28.8 Å². The summed E-state index contributed by atoms with van der Waals surface area (Å²) in [6.07, 6.45) is 4.37. The maximum absolute atomic E-state index is 12.1. The predicted molar refractivity (Wildman–Crippen MR) is 96.7 cm³/mol. The summed E-state index contributed by atoms with van der Waals surface area (Å²) in [6.45, 7) is 0.398. The highest BCUT2D eigenvalue weighted by Gasteiger charge is 2.21. The fraction of sp³-hybridized carbons (Fsp3) is 0.211. The van der Waals surface area contributed by atoms with Crippen molar-refractivity contribution >= 4 is 40.8 Å². The van der Waals surface area contributed by atoms with Crippen molar-refractivity contribution in [2.75, 3.05) is 18.1 Å². The molecule has 25 heavy (non-hydrogen) atoms. The van der Waals surface area contributed by atoms with Crippen molar-refractivity contribution < 1.29 is 19.1 Å². The molecular formula is C19H17NO4S. The highest BCUT2D eigenvalue weighted by Crippen LogP contribution is 2.21. The van der Waals surface area contributed by atoms with Gasteiger partial charge in [0.15, 0.2) is 12.4 Å². The molecule has 0 radical (unpaired) electrons. The summed E-state index contributed by atoms with van der Waals surface area (Å²) in [6, 6.07) is 8.67. The molecule has 1 aliphatic rings. The Balaban J connectivity index is 1.52. The molecule has 0 aliphatic carbocycles. The molecule has 1 saturated heterocycles. The van der Waals surface area contributed by atoms with Crippen molar-refractivity contribution in [2.45, 2.75) is 12.8 Å². The summed E-state index contributed by atoms with van der Waals surface area (Å²) < 4.78 is 4.97. The van der Waals surface area contributed by atoms with Crippen molar-refractivity contribution in [1.29, 1.82) is 0 Å². The molecule has 0 atom stereocenters. The lowest BCUT2D eigenvalue weighted by molar-refractivity contribution is -0.136. The van der Waals surface area contributed by atoms with Crippen molar-refractivity contribution in [2.24, 2.45) is 0 Å². The van der Waals surface area contributed by atoms with Crippen LogP contribution in [0.5, 0.6) is 0 Å². The number of Topliss-reactive ketones (excluding diaryl/α,β-unsaturated/α-hetero) is 1. The van der Waals surface area contributed by atoms with Crippen LogP contribution in [0.25, 0.3) is 6.08 Å². The standard InChI is InChI=1S/C19H17NO4S/c21-17(12-24-19(23)8-3-14-9-11-25-13-14)15-4-6-16(7-5-15)20-10-1-2-18(20)22/h3-9,11,13H,1-2,10,12H2/b8-3+. The van der Waals surface area contributed by atoms with E-state index in [1.807, 2.05) is 16.8 Å². The lowest BCUT2D eigenvalue weighted by Gasteiger charge is -2.15. The lowest BCUT2D eigenvalue weighted by Crippen LogP contribution is -2.23. The number of ether oxygens (including phenoxy) is 1. The van der Waals surface area contributed by atoms with Gasteiger partial charge >= 0.3 is 5.97 Å². The SMILES string of the molecule is O=C(/C=C/c1ccsc1)OCC(=O)c1ccc(N2CCCC2=O)cc1. The molecular weight excluding hydrogens is 338 g/mol. The van der Waals surface area contributed by atoms with E-state index in [9.17, 15) is 14.4 Å². The fourth-order valence-electron chi connectivity index (χ4n) is 2.55. The third-order valence-electron chi connectivity index (χ3n) is 3.87. The number of thiophene rings is 1. The minimum atomic E-state index is -0.557. The van der Waals surface area contributed by atoms with Gasteiger partial charge in [-0.2, -0.15) is 11.3 Å². The third-order valence-corrected chi connectivity index (χ3v) is 4.58. The third kappa shape index (κ3) is 4.42. The highest BCUT2D eigenvalue weighted by atomic mass is 32.1. The maximum atomic E-state index is 12.1. The summed E-state index contributed by atoms with van der Waals surface area (Å²) >= 11 is 1.54. The van der Waals surface area contributed by atoms with Gasteiger partial charge in [0.2, 0.25) is 5.91 Å². The topological polar surface area (TPSA) is 63.7 Å². The number of benzene rings is 1. The second kappa shape index (κ2) is 7.90. The molecule has 2 aromatic rings. The Kier molecular flexibility index (Phi) is 5.40. The van der Waals surface area contributed by atoms with Gasteiger partial charge in [0, 0.05) is 30.3 Å². The van der Waals surface area contributed by atoms with Crippen LogP contribution in [-0.2, 0) is 14.3 Å². The normalized spacial score (nSPS) is 14.2. The largest absolute Gasteiger partial charge is 0.454 e. The first kappa shape index (κ1) is 17.1. The number of hydrogen-bond acceptors (Lipinski definition) is 5. The zero-order chi connectivity index (χ0) is 17.6. The van der Waals surface area contributed by atoms with Crippen molar-refractivity contribution in [3.8, 4) is 0 Å². The monoisotopic (exact) mass is 355 g/mol.